The van der Waals surface area contributed by atoms with Crippen molar-refractivity contribution >= 4 is 11.8 Å². The molecule has 88 valence electrons. The predicted molar refractivity (Wildman–Crippen MR) is 68.6 cm³/mol. The van der Waals surface area contributed by atoms with Crippen LogP contribution in [0.25, 0.3) is 0 Å². The monoisotopic (exact) mass is 228 g/mol. The Morgan fingerprint density at radius 3 is 3.20 bits per heavy atom. The molecule has 0 amide bonds. The summed E-state index contributed by atoms with van der Waals surface area (Å²) in [6.45, 7) is 7.48. The standard InChI is InChI=1S/C12H24N2S/c1-2-15-9-8-14-7-5-12-11(10-14)4-3-6-13-12/h11-13H,2-10H2,1H3. The van der Waals surface area contributed by atoms with Crippen LogP contribution in [0.5, 0.6) is 0 Å². The van der Waals surface area contributed by atoms with E-state index in [0.29, 0.717) is 0 Å². The van der Waals surface area contributed by atoms with E-state index in [2.05, 4.69) is 28.9 Å². The third-order valence-electron chi connectivity index (χ3n) is 3.73. The number of hydrogen-bond donors (Lipinski definition) is 1. The van der Waals surface area contributed by atoms with Crippen LogP contribution < -0.4 is 5.32 Å². The van der Waals surface area contributed by atoms with Crippen molar-refractivity contribution in [2.45, 2.75) is 32.2 Å². The molecule has 0 radical (unpaired) electrons. The molecule has 2 unspecified atom stereocenters. The van der Waals surface area contributed by atoms with E-state index in [9.17, 15) is 0 Å². The maximum absolute atomic E-state index is 3.68. The summed E-state index contributed by atoms with van der Waals surface area (Å²) >= 11 is 2.07. The van der Waals surface area contributed by atoms with Crippen LogP contribution in [0.2, 0.25) is 0 Å². The predicted octanol–water partition coefficient (Wildman–Crippen LogP) is 1.81. The molecule has 2 nitrogen and oxygen atoms in total. The van der Waals surface area contributed by atoms with Crippen LogP contribution in [-0.2, 0) is 0 Å². The smallest absolute Gasteiger partial charge is 0.0120 e. The second kappa shape index (κ2) is 6.12. The van der Waals surface area contributed by atoms with Gasteiger partial charge in [-0.25, -0.2) is 0 Å². The molecule has 0 spiro atoms. The lowest BCUT2D eigenvalue weighted by Crippen LogP contribution is -2.52. The van der Waals surface area contributed by atoms with E-state index < -0.39 is 0 Å². The highest BCUT2D eigenvalue weighted by Gasteiger charge is 2.30. The van der Waals surface area contributed by atoms with Crippen molar-refractivity contribution in [1.29, 1.82) is 0 Å². The number of nitrogens with one attached hydrogen (secondary N) is 1. The van der Waals surface area contributed by atoms with Gasteiger partial charge in [-0.3, -0.25) is 0 Å². The van der Waals surface area contributed by atoms with Crippen LogP contribution in [0.4, 0.5) is 0 Å². The van der Waals surface area contributed by atoms with E-state index in [4.69, 9.17) is 0 Å². The van der Waals surface area contributed by atoms with Crippen molar-refractivity contribution in [3.8, 4) is 0 Å². The number of rotatable bonds is 4. The van der Waals surface area contributed by atoms with Crippen LogP contribution in [0, 0.1) is 5.92 Å². The van der Waals surface area contributed by atoms with Gasteiger partial charge in [0.2, 0.25) is 0 Å². The Kier molecular flexibility index (Phi) is 4.79. The summed E-state index contributed by atoms with van der Waals surface area (Å²) in [5, 5.41) is 3.68. The first-order valence-electron chi connectivity index (χ1n) is 6.43. The molecule has 2 heterocycles. The first kappa shape index (κ1) is 11.7. The molecule has 0 aromatic heterocycles. The molecule has 0 saturated carbocycles. The topological polar surface area (TPSA) is 15.3 Å². The Morgan fingerprint density at radius 1 is 1.40 bits per heavy atom. The minimum Gasteiger partial charge on any atom is -0.314 e. The average Bonchev–Trinajstić information content (AvgIpc) is 2.29. The van der Waals surface area contributed by atoms with E-state index >= 15 is 0 Å². The third kappa shape index (κ3) is 3.36. The van der Waals surface area contributed by atoms with Crippen LogP contribution in [0.3, 0.4) is 0 Å². The Morgan fingerprint density at radius 2 is 2.33 bits per heavy atom. The highest BCUT2D eigenvalue weighted by molar-refractivity contribution is 7.99. The van der Waals surface area contributed by atoms with Gasteiger partial charge in [0.1, 0.15) is 0 Å². The number of nitrogens with zero attached hydrogens (tertiary/aromatic N) is 1. The second-order valence-electron chi connectivity index (χ2n) is 4.75. The van der Waals surface area contributed by atoms with Gasteiger partial charge >= 0.3 is 0 Å². The average molecular weight is 228 g/mol. The molecule has 2 atom stereocenters. The van der Waals surface area contributed by atoms with Gasteiger partial charge in [0, 0.05) is 24.9 Å². The number of hydrogen-bond acceptors (Lipinski definition) is 3. The molecule has 0 aliphatic carbocycles. The molecule has 0 bridgehead atoms. The third-order valence-corrected chi connectivity index (χ3v) is 4.61. The lowest BCUT2D eigenvalue weighted by Gasteiger charge is -2.41. The summed E-state index contributed by atoms with van der Waals surface area (Å²) in [6.07, 6.45) is 4.22. The number of fused-ring (bicyclic) bond motifs is 1. The van der Waals surface area contributed by atoms with Crippen molar-refractivity contribution in [3.05, 3.63) is 0 Å². The van der Waals surface area contributed by atoms with Crippen molar-refractivity contribution in [2.75, 3.05) is 37.7 Å². The molecule has 0 aromatic carbocycles. The van der Waals surface area contributed by atoms with Crippen LogP contribution >= 0.6 is 11.8 Å². The summed E-state index contributed by atoms with van der Waals surface area (Å²) < 4.78 is 0. The molecule has 15 heavy (non-hydrogen) atoms. The quantitative estimate of drug-likeness (QED) is 0.739. The largest absolute Gasteiger partial charge is 0.314 e. The van der Waals surface area contributed by atoms with Gasteiger partial charge in [-0.2, -0.15) is 11.8 Å². The second-order valence-corrected chi connectivity index (χ2v) is 6.14. The van der Waals surface area contributed by atoms with E-state index in [-0.39, 0.29) is 0 Å². The fourth-order valence-electron chi connectivity index (χ4n) is 2.86. The van der Waals surface area contributed by atoms with Crippen molar-refractivity contribution in [1.82, 2.24) is 10.2 Å². The SMILES string of the molecule is CCSCCN1CCC2NCCCC2C1. The van der Waals surface area contributed by atoms with Crippen molar-refractivity contribution in [2.24, 2.45) is 5.92 Å². The molecule has 0 aromatic rings. The minimum atomic E-state index is 0.842. The Hall–Kier alpha value is 0.270. The summed E-state index contributed by atoms with van der Waals surface area (Å²) in [6, 6.07) is 0.842. The molecule has 3 heteroatoms. The summed E-state index contributed by atoms with van der Waals surface area (Å²) in [7, 11) is 0. The molecule has 1 N–H and O–H groups in total. The Labute approximate surface area is 98.2 Å². The highest BCUT2D eigenvalue weighted by Crippen LogP contribution is 2.24. The van der Waals surface area contributed by atoms with Gasteiger partial charge < -0.3 is 10.2 Å². The number of likely N-dealkylation sites (tertiary alicyclic amines) is 1. The lowest BCUT2D eigenvalue weighted by molar-refractivity contribution is 0.120. The molecule has 2 aliphatic rings. The first-order valence-corrected chi connectivity index (χ1v) is 7.59. The summed E-state index contributed by atoms with van der Waals surface area (Å²) in [5.41, 5.74) is 0. The summed E-state index contributed by atoms with van der Waals surface area (Å²) in [5.74, 6) is 3.53. The van der Waals surface area contributed by atoms with E-state index in [0.717, 1.165) is 12.0 Å². The van der Waals surface area contributed by atoms with E-state index in [1.807, 2.05) is 0 Å². The molecule has 2 fully saturated rings. The maximum atomic E-state index is 3.68. The fraction of sp³-hybridized carbons (Fsp3) is 1.00. The van der Waals surface area contributed by atoms with Crippen LogP contribution in [0.15, 0.2) is 0 Å². The lowest BCUT2D eigenvalue weighted by atomic mass is 9.85. The van der Waals surface area contributed by atoms with Gasteiger partial charge in [-0.05, 0) is 44.0 Å². The van der Waals surface area contributed by atoms with Gasteiger partial charge in [-0.15, -0.1) is 0 Å². The Bertz CT molecular complexity index is 184. The number of thioether (sulfide) groups is 1. The van der Waals surface area contributed by atoms with E-state index in [1.54, 1.807) is 0 Å². The molecular formula is C12H24N2S. The zero-order valence-electron chi connectivity index (χ0n) is 9.87. The first-order chi connectivity index (χ1) is 7.40. The fourth-order valence-corrected chi connectivity index (χ4v) is 3.54. The van der Waals surface area contributed by atoms with Crippen molar-refractivity contribution in [3.63, 3.8) is 0 Å². The zero-order valence-corrected chi connectivity index (χ0v) is 10.7. The molecule has 2 aliphatic heterocycles. The maximum Gasteiger partial charge on any atom is 0.0120 e. The van der Waals surface area contributed by atoms with E-state index in [1.165, 1.54) is 56.9 Å². The van der Waals surface area contributed by atoms with Gasteiger partial charge in [0.25, 0.3) is 0 Å². The van der Waals surface area contributed by atoms with Gasteiger partial charge in [0.05, 0.1) is 0 Å². The minimum absolute atomic E-state index is 0.842. The zero-order chi connectivity index (χ0) is 10.5. The van der Waals surface area contributed by atoms with Crippen LogP contribution in [0.1, 0.15) is 26.2 Å². The molecule has 2 saturated heterocycles. The van der Waals surface area contributed by atoms with Crippen LogP contribution in [-0.4, -0.2) is 48.6 Å². The number of piperidine rings is 2. The summed E-state index contributed by atoms with van der Waals surface area (Å²) in [4.78, 5) is 2.68. The highest BCUT2D eigenvalue weighted by atomic mass is 32.2. The molecule has 2 rings (SSSR count). The molecular weight excluding hydrogens is 204 g/mol. The van der Waals surface area contributed by atoms with Gasteiger partial charge in [0.15, 0.2) is 0 Å². The normalized spacial score (nSPS) is 32.6. The van der Waals surface area contributed by atoms with Gasteiger partial charge in [-0.1, -0.05) is 6.92 Å². The Balaban J connectivity index is 1.71. The van der Waals surface area contributed by atoms with Crippen molar-refractivity contribution < 1.29 is 0 Å².